The minimum absolute atomic E-state index is 0.143. The van der Waals surface area contributed by atoms with Gasteiger partial charge in [-0.3, -0.25) is 0 Å². The molecule has 0 amide bonds. The Hall–Kier alpha value is -8.09. The van der Waals surface area contributed by atoms with E-state index in [-0.39, 0.29) is 18.8 Å². The van der Waals surface area contributed by atoms with Crippen molar-refractivity contribution < 1.29 is 14.2 Å². The second kappa shape index (κ2) is 13.7. The van der Waals surface area contributed by atoms with E-state index in [0.29, 0.717) is 0 Å². The molecule has 0 aliphatic carbocycles. The third-order valence-electron chi connectivity index (χ3n) is 14.0. The Morgan fingerprint density at radius 1 is 0.364 bits per heavy atom. The summed E-state index contributed by atoms with van der Waals surface area (Å²) in [6, 6.07) is 69.6. The molecule has 0 saturated carbocycles. The number of nitrogens with zero attached hydrogens (tertiary/aromatic N) is 3. The fourth-order valence-electron chi connectivity index (χ4n) is 11.2. The first kappa shape index (κ1) is 37.3. The predicted molar refractivity (Wildman–Crippen MR) is 272 cm³/mol. The first-order valence-electron chi connectivity index (χ1n) is 22.8. The third-order valence-corrected chi connectivity index (χ3v) is 14.0. The van der Waals surface area contributed by atoms with Crippen LogP contribution < -0.4 is 61.7 Å². The Balaban J connectivity index is 1.13. The summed E-state index contributed by atoms with van der Waals surface area (Å²) in [7, 11) is 0. The highest BCUT2D eigenvalue weighted by molar-refractivity contribution is 7.02. The van der Waals surface area contributed by atoms with Gasteiger partial charge in [-0.1, -0.05) is 112 Å². The molecule has 5 aliphatic heterocycles. The van der Waals surface area contributed by atoms with Crippen molar-refractivity contribution >= 4 is 97.4 Å². The van der Waals surface area contributed by atoms with Crippen LogP contribution in [0.1, 0.15) is 26.3 Å². The second-order valence-corrected chi connectivity index (χ2v) is 18.9. The van der Waals surface area contributed by atoms with Crippen LogP contribution in [0.4, 0.5) is 51.2 Å². The quantitative estimate of drug-likeness (QED) is 0.161. The molecule has 6 nitrogen and oxygen atoms in total. The van der Waals surface area contributed by atoms with Gasteiger partial charge >= 0.3 is 0 Å². The molecule has 5 aliphatic rings. The molecule has 0 atom stereocenters. The van der Waals surface area contributed by atoms with E-state index in [1.165, 1.54) is 16.5 Å². The summed E-state index contributed by atoms with van der Waals surface area (Å²) in [5, 5.41) is 0. The average Bonchev–Trinajstić information content (AvgIpc) is 3.34. The summed E-state index contributed by atoms with van der Waals surface area (Å²) in [5.41, 5.74) is 17.4. The maximum atomic E-state index is 7.33. The van der Waals surface area contributed by atoms with Crippen LogP contribution in [0.5, 0.6) is 34.5 Å². The SMILES string of the molecule is CC(C)(C)c1cc2c3c(c1)N(c1ccccc1)c1cc4c5cc1B3c1c(cccc1O2)Oc1cccc2c1B5c1c(cc(N(c3ccccc3)c3ccccc3)cc1N4c1ccccc1)O2. The molecule has 9 aromatic carbocycles. The molecule has 0 N–H and O–H groups in total. The number of rotatable bonds is 5. The highest BCUT2D eigenvalue weighted by atomic mass is 16.5. The fraction of sp³-hybridized carbons (Fsp3) is 0.0690. The van der Waals surface area contributed by atoms with E-state index >= 15 is 0 Å². The molecule has 0 saturated heterocycles. The average molecular weight is 850 g/mol. The van der Waals surface area contributed by atoms with Gasteiger partial charge in [-0.05, 0) is 130 Å². The molecule has 0 radical (unpaired) electrons. The predicted octanol–water partition coefficient (Wildman–Crippen LogP) is 11.4. The lowest BCUT2D eigenvalue weighted by Gasteiger charge is -2.45. The van der Waals surface area contributed by atoms with Crippen LogP contribution in [0.25, 0.3) is 0 Å². The van der Waals surface area contributed by atoms with Crippen molar-refractivity contribution in [2.45, 2.75) is 26.2 Å². The van der Waals surface area contributed by atoms with Crippen LogP contribution in [0.15, 0.2) is 194 Å². The van der Waals surface area contributed by atoms with Crippen molar-refractivity contribution in [1.82, 2.24) is 0 Å². The molecule has 5 heterocycles. The molecular weight excluding hydrogens is 808 g/mol. The Morgan fingerprint density at radius 2 is 0.788 bits per heavy atom. The lowest BCUT2D eigenvalue weighted by atomic mass is 9.30. The third kappa shape index (κ3) is 5.33. The van der Waals surface area contributed by atoms with Crippen LogP contribution in [0, 0.1) is 0 Å². The number of hydrogen-bond donors (Lipinski definition) is 0. The first-order valence-corrected chi connectivity index (χ1v) is 22.8. The molecule has 14 rings (SSSR count). The first-order chi connectivity index (χ1) is 32.4. The number of ether oxygens (including phenoxy) is 3. The van der Waals surface area contributed by atoms with Crippen LogP contribution in [0.3, 0.4) is 0 Å². The monoisotopic (exact) mass is 849 g/mol. The lowest BCUT2D eigenvalue weighted by molar-refractivity contribution is 0.459. The summed E-state index contributed by atoms with van der Waals surface area (Å²) in [6.07, 6.45) is 0. The minimum Gasteiger partial charge on any atom is -0.458 e. The van der Waals surface area contributed by atoms with Gasteiger partial charge in [0, 0.05) is 62.5 Å². The van der Waals surface area contributed by atoms with E-state index in [2.05, 4.69) is 230 Å². The van der Waals surface area contributed by atoms with E-state index in [9.17, 15) is 0 Å². The van der Waals surface area contributed by atoms with Crippen molar-refractivity contribution in [2.75, 3.05) is 14.7 Å². The standard InChI is InChI=1S/C58H41B2N3O3/c1-58(2,3)36-30-46-54-52(31-36)65-50-28-16-26-48-56(50)59(54)42-34-43-45(35-44(42)62(46)39-22-12-6-13-23-39)63(40-24-14-7-15-25-40)47-32-41(61(37-18-8-4-9-19-37)38-20-10-5-11-21-38)33-53-55(47)60(43)57-49(64-48)27-17-29-51(57)66-53/h4-35H,1-3H3. The number of anilines is 9. The normalized spacial score (nSPS) is 13.9. The van der Waals surface area contributed by atoms with Gasteiger partial charge in [0.2, 0.25) is 0 Å². The summed E-state index contributed by atoms with van der Waals surface area (Å²) in [6.45, 7) is 6.45. The molecule has 0 fully saturated rings. The topological polar surface area (TPSA) is 37.4 Å². The Bertz CT molecular complexity index is 3430. The Kier molecular flexibility index (Phi) is 7.75. The van der Waals surface area contributed by atoms with Gasteiger partial charge < -0.3 is 28.9 Å². The van der Waals surface area contributed by atoms with Gasteiger partial charge in [0.1, 0.15) is 34.5 Å². The van der Waals surface area contributed by atoms with Crippen molar-refractivity contribution in [3.05, 3.63) is 200 Å². The molecule has 0 unspecified atom stereocenters. The van der Waals surface area contributed by atoms with Crippen LogP contribution in [0.2, 0.25) is 0 Å². The Labute approximate surface area is 385 Å². The maximum absolute atomic E-state index is 7.33. The minimum atomic E-state index is -0.218. The van der Waals surface area contributed by atoms with E-state index in [1.54, 1.807) is 0 Å². The molecule has 312 valence electrons. The molecule has 9 aromatic rings. The van der Waals surface area contributed by atoms with Crippen molar-refractivity contribution in [2.24, 2.45) is 0 Å². The molecule has 0 spiro atoms. The highest BCUT2D eigenvalue weighted by Crippen LogP contribution is 2.50. The summed E-state index contributed by atoms with van der Waals surface area (Å²) in [5.74, 6) is 4.83. The second-order valence-electron chi connectivity index (χ2n) is 18.9. The zero-order valence-corrected chi connectivity index (χ0v) is 36.7. The van der Waals surface area contributed by atoms with Gasteiger partial charge in [-0.2, -0.15) is 0 Å². The summed E-state index contributed by atoms with van der Waals surface area (Å²) in [4.78, 5) is 7.26. The van der Waals surface area contributed by atoms with E-state index < -0.39 is 0 Å². The van der Waals surface area contributed by atoms with Gasteiger partial charge in [-0.25, -0.2) is 0 Å². The largest absolute Gasteiger partial charge is 0.458 e. The van der Waals surface area contributed by atoms with Gasteiger partial charge in [-0.15, -0.1) is 0 Å². The van der Waals surface area contributed by atoms with E-state index in [4.69, 9.17) is 14.2 Å². The van der Waals surface area contributed by atoms with Crippen LogP contribution in [-0.2, 0) is 5.41 Å². The zero-order valence-electron chi connectivity index (χ0n) is 36.7. The van der Waals surface area contributed by atoms with Crippen molar-refractivity contribution in [3.8, 4) is 34.5 Å². The van der Waals surface area contributed by atoms with Gasteiger partial charge in [0.05, 0.1) is 5.69 Å². The van der Waals surface area contributed by atoms with Crippen LogP contribution in [-0.4, -0.2) is 13.4 Å². The molecule has 8 heteroatoms. The van der Waals surface area contributed by atoms with E-state index in [0.717, 1.165) is 108 Å². The summed E-state index contributed by atoms with van der Waals surface area (Å²) < 4.78 is 21.6. The van der Waals surface area contributed by atoms with Crippen molar-refractivity contribution in [1.29, 1.82) is 0 Å². The lowest BCUT2D eigenvalue weighted by Crippen LogP contribution is -2.64. The number of benzene rings is 9. The maximum Gasteiger partial charge on any atom is 0.261 e. The van der Waals surface area contributed by atoms with Gasteiger partial charge in [0.15, 0.2) is 0 Å². The molecule has 2 bridgehead atoms. The zero-order chi connectivity index (χ0) is 43.8. The van der Waals surface area contributed by atoms with Crippen LogP contribution >= 0.6 is 0 Å². The smallest absolute Gasteiger partial charge is 0.261 e. The number of hydrogen-bond acceptors (Lipinski definition) is 6. The highest BCUT2D eigenvalue weighted by Gasteiger charge is 2.50. The Morgan fingerprint density at radius 3 is 1.26 bits per heavy atom. The molecule has 66 heavy (non-hydrogen) atoms. The van der Waals surface area contributed by atoms with Gasteiger partial charge in [0.25, 0.3) is 13.4 Å². The van der Waals surface area contributed by atoms with E-state index in [1.807, 2.05) is 0 Å². The molecular formula is C58H41B2N3O3. The number of para-hydroxylation sites is 4. The van der Waals surface area contributed by atoms with Crippen molar-refractivity contribution in [3.63, 3.8) is 0 Å². The molecule has 0 aromatic heterocycles. The fourth-order valence-corrected chi connectivity index (χ4v) is 11.2. The summed E-state index contributed by atoms with van der Waals surface area (Å²) >= 11 is 0.